The lowest BCUT2D eigenvalue weighted by Crippen LogP contribution is -2.44. The second kappa shape index (κ2) is 9.50. The lowest BCUT2D eigenvalue weighted by Gasteiger charge is -2.33. The summed E-state index contributed by atoms with van der Waals surface area (Å²) >= 11 is 0. The van der Waals surface area contributed by atoms with Gasteiger partial charge in [0.1, 0.15) is 0 Å². The molecule has 2 aromatic rings. The molecule has 2 aromatic carbocycles. The van der Waals surface area contributed by atoms with Crippen LogP contribution in [0.3, 0.4) is 0 Å². The molecule has 0 aromatic heterocycles. The number of sulfonamides is 1. The van der Waals surface area contributed by atoms with Crippen molar-refractivity contribution in [3.8, 4) is 0 Å². The zero-order valence-electron chi connectivity index (χ0n) is 18.8. The van der Waals surface area contributed by atoms with Crippen LogP contribution in [0.15, 0.2) is 47.4 Å². The van der Waals surface area contributed by atoms with E-state index in [0.29, 0.717) is 17.2 Å². The normalized spacial score (nSPS) is 19.6. The summed E-state index contributed by atoms with van der Waals surface area (Å²) in [4.78, 5) is 17.4. The third-order valence-electron chi connectivity index (χ3n) is 6.22. The van der Waals surface area contributed by atoms with Crippen molar-refractivity contribution in [3.63, 3.8) is 0 Å². The number of likely N-dealkylation sites (tertiary alicyclic amines) is 1. The maximum atomic E-state index is 13.2. The predicted molar refractivity (Wildman–Crippen MR) is 128 cm³/mol. The molecule has 32 heavy (non-hydrogen) atoms. The number of benzene rings is 2. The van der Waals surface area contributed by atoms with Crippen LogP contribution in [0.25, 0.3) is 0 Å². The third-order valence-corrected chi connectivity index (χ3v) is 7.60. The highest BCUT2D eigenvalue weighted by Crippen LogP contribution is 2.31. The van der Waals surface area contributed by atoms with E-state index in [9.17, 15) is 13.2 Å². The van der Waals surface area contributed by atoms with Gasteiger partial charge in [-0.05, 0) is 56.0 Å². The molecule has 2 saturated heterocycles. The number of piperidine rings is 1. The van der Waals surface area contributed by atoms with E-state index in [-0.39, 0.29) is 10.8 Å². The lowest BCUT2D eigenvalue weighted by atomic mass is 9.99. The Morgan fingerprint density at radius 2 is 1.78 bits per heavy atom. The molecular formula is C24H32N4O3S. The van der Waals surface area contributed by atoms with Gasteiger partial charge < -0.3 is 15.1 Å². The number of anilines is 2. The minimum Gasteiger partial charge on any atom is -0.367 e. The minimum absolute atomic E-state index is 0.0424. The van der Waals surface area contributed by atoms with Crippen LogP contribution in [0.1, 0.15) is 35.7 Å². The number of hydrogen-bond donors (Lipinski definition) is 2. The summed E-state index contributed by atoms with van der Waals surface area (Å²) in [5, 5.41) is 3.32. The van der Waals surface area contributed by atoms with Crippen LogP contribution in [0.4, 0.5) is 11.4 Å². The Balaban J connectivity index is 1.67. The van der Waals surface area contributed by atoms with E-state index in [4.69, 9.17) is 0 Å². The summed E-state index contributed by atoms with van der Waals surface area (Å²) in [7, 11) is -3.78. The van der Waals surface area contributed by atoms with Crippen LogP contribution in [-0.4, -0.2) is 58.5 Å². The number of rotatable bonds is 5. The van der Waals surface area contributed by atoms with Gasteiger partial charge in [-0.15, -0.1) is 0 Å². The first-order valence-corrected chi connectivity index (χ1v) is 12.8. The van der Waals surface area contributed by atoms with E-state index in [1.54, 1.807) is 30.3 Å². The number of carbonyl (C=O) groups excluding carboxylic acids is 1. The van der Waals surface area contributed by atoms with Crippen LogP contribution in [0.5, 0.6) is 0 Å². The van der Waals surface area contributed by atoms with Gasteiger partial charge in [0.15, 0.2) is 0 Å². The smallest absolute Gasteiger partial charge is 0.261 e. The molecule has 172 valence electrons. The summed E-state index contributed by atoms with van der Waals surface area (Å²) in [5.74, 6) is 0.437. The molecule has 0 unspecified atom stereocenters. The van der Waals surface area contributed by atoms with Gasteiger partial charge in [-0.25, -0.2) is 8.42 Å². The summed E-state index contributed by atoms with van der Waals surface area (Å²) in [6, 6.07) is 12.2. The van der Waals surface area contributed by atoms with Crippen molar-refractivity contribution in [2.24, 2.45) is 5.92 Å². The number of piperazine rings is 1. The summed E-state index contributed by atoms with van der Waals surface area (Å²) < 4.78 is 29.0. The van der Waals surface area contributed by atoms with Gasteiger partial charge in [-0.1, -0.05) is 24.6 Å². The monoisotopic (exact) mass is 456 g/mol. The van der Waals surface area contributed by atoms with Gasteiger partial charge in [0.25, 0.3) is 15.9 Å². The Kier molecular flexibility index (Phi) is 6.71. The molecule has 0 saturated carbocycles. The van der Waals surface area contributed by atoms with Crippen LogP contribution in [0.2, 0.25) is 0 Å². The van der Waals surface area contributed by atoms with Crippen LogP contribution >= 0.6 is 0 Å². The van der Waals surface area contributed by atoms with Crippen LogP contribution in [-0.2, 0) is 10.0 Å². The first-order valence-electron chi connectivity index (χ1n) is 11.3. The number of aryl methyl sites for hydroxylation is 1. The fraction of sp³-hybridized carbons (Fsp3) is 0.458. The summed E-state index contributed by atoms with van der Waals surface area (Å²) in [5.41, 5.74) is 2.75. The Labute approximate surface area is 190 Å². The van der Waals surface area contributed by atoms with Gasteiger partial charge >= 0.3 is 0 Å². The van der Waals surface area contributed by atoms with Gasteiger partial charge in [0, 0.05) is 44.8 Å². The van der Waals surface area contributed by atoms with Crippen LogP contribution in [0, 0.1) is 12.8 Å². The molecule has 0 bridgehead atoms. The highest BCUT2D eigenvalue weighted by Gasteiger charge is 2.25. The van der Waals surface area contributed by atoms with Gasteiger partial charge in [-0.2, -0.15) is 0 Å². The topological polar surface area (TPSA) is 81.8 Å². The minimum atomic E-state index is -3.78. The number of carbonyl (C=O) groups is 1. The Hall–Kier alpha value is -2.58. The highest BCUT2D eigenvalue weighted by atomic mass is 32.2. The molecule has 2 heterocycles. The third kappa shape index (κ3) is 5.07. The fourth-order valence-corrected chi connectivity index (χ4v) is 5.48. The van der Waals surface area contributed by atoms with Crippen molar-refractivity contribution >= 4 is 27.3 Å². The largest absolute Gasteiger partial charge is 0.367 e. The average molecular weight is 457 g/mol. The van der Waals surface area contributed by atoms with Crippen molar-refractivity contribution in [1.29, 1.82) is 0 Å². The van der Waals surface area contributed by atoms with E-state index in [0.717, 1.165) is 63.4 Å². The van der Waals surface area contributed by atoms with Crippen molar-refractivity contribution < 1.29 is 13.2 Å². The molecule has 2 fully saturated rings. The fourth-order valence-electron chi connectivity index (χ4n) is 4.41. The molecule has 0 aliphatic carbocycles. The quantitative estimate of drug-likeness (QED) is 0.723. The standard InChI is InChI=1S/C24H32N4O3S/c1-18-5-8-21(9-6-18)32(30,31)26-22-16-20(24(29)28-13-3-4-19(2)17-28)7-10-23(22)27-14-11-25-12-15-27/h5-10,16,19,25-26H,3-4,11-15,17H2,1-2H3/t19-/m1/s1. The first-order chi connectivity index (χ1) is 15.3. The lowest BCUT2D eigenvalue weighted by molar-refractivity contribution is 0.0683. The maximum Gasteiger partial charge on any atom is 0.261 e. The Morgan fingerprint density at radius 1 is 1.06 bits per heavy atom. The van der Waals surface area contributed by atoms with E-state index in [1.165, 1.54) is 0 Å². The van der Waals surface area contributed by atoms with E-state index < -0.39 is 10.0 Å². The first kappa shape index (κ1) is 22.6. The van der Waals surface area contributed by atoms with E-state index >= 15 is 0 Å². The van der Waals surface area contributed by atoms with Crippen molar-refractivity contribution in [3.05, 3.63) is 53.6 Å². The number of hydrogen-bond acceptors (Lipinski definition) is 5. The molecule has 4 rings (SSSR count). The van der Waals surface area contributed by atoms with E-state index in [2.05, 4.69) is 21.9 Å². The zero-order valence-corrected chi connectivity index (χ0v) is 19.6. The molecule has 0 spiro atoms. The molecule has 1 atom stereocenters. The Bertz CT molecular complexity index is 1060. The molecular weight excluding hydrogens is 424 g/mol. The molecule has 8 heteroatoms. The van der Waals surface area contributed by atoms with Crippen molar-refractivity contribution in [2.45, 2.75) is 31.6 Å². The average Bonchev–Trinajstić information content (AvgIpc) is 2.79. The Morgan fingerprint density at radius 3 is 2.47 bits per heavy atom. The number of nitrogens with zero attached hydrogens (tertiary/aromatic N) is 2. The van der Waals surface area contributed by atoms with Crippen molar-refractivity contribution in [1.82, 2.24) is 10.2 Å². The molecule has 2 aliphatic rings. The maximum absolute atomic E-state index is 13.2. The SMILES string of the molecule is Cc1ccc(S(=O)(=O)Nc2cc(C(=O)N3CCC[C@@H](C)C3)ccc2N2CCNCC2)cc1. The van der Waals surface area contributed by atoms with Gasteiger partial charge in [0.05, 0.1) is 16.3 Å². The molecule has 2 N–H and O–H groups in total. The number of amides is 1. The summed E-state index contributed by atoms with van der Waals surface area (Å²) in [6.45, 7) is 8.77. The zero-order chi connectivity index (χ0) is 22.7. The predicted octanol–water partition coefficient (Wildman–Crippen LogP) is 3.08. The molecule has 2 aliphatic heterocycles. The van der Waals surface area contributed by atoms with Gasteiger partial charge in [-0.3, -0.25) is 9.52 Å². The van der Waals surface area contributed by atoms with Crippen molar-refractivity contribution in [2.75, 3.05) is 48.9 Å². The second-order valence-electron chi connectivity index (χ2n) is 8.89. The second-order valence-corrected chi connectivity index (χ2v) is 10.6. The summed E-state index contributed by atoms with van der Waals surface area (Å²) in [6.07, 6.45) is 2.13. The molecule has 7 nitrogen and oxygen atoms in total. The van der Waals surface area contributed by atoms with Crippen LogP contribution < -0.4 is 14.9 Å². The van der Waals surface area contributed by atoms with Gasteiger partial charge in [0.2, 0.25) is 0 Å². The number of nitrogens with one attached hydrogen (secondary N) is 2. The highest BCUT2D eigenvalue weighted by molar-refractivity contribution is 7.92. The van der Waals surface area contributed by atoms with E-state index in [1.807, 2.05) is 24.0 Å². The molecule has 1 amide bonds. The molecule has 0 radical (unpaired) electrons.